The number of rotatable bonds is 8. The fraction of sp³-hybridized carbons (Fsp3) is 0.0189. The molecule has 3 heteroatoms. The standard InChI is InChI=1S/C53H39N3/c1-3-4-21-43-37(2)54(49-26-13-11-22-44(43)49)50-28-15-25-46-45(50)24-16-29-51(46)55(40-17-7-5-8-18-40)42-33-30-38(31-34-42)39-32-35-53-48(36-39)47-23-12-14-27-52(47)56(53)41-19-9-6-10-20-41/h3-36H,1H2,2H3/b21-4-. The van der Waals surface area contributed by atoms with Crippen LogP contribution in [0.1, 0.15) is 11.3 Å². The van der Waals surface area contributed by atoms with Crippen LogP contribution in [0.15, 0.2) is 207 Å². The van der Waals surface area contributed by atoms with Gasteiger partial charge in [-0.3, -0.25) is 0 Å². The van der Waals surface area contributed by atoms with Crippen molar-refractivity contribution in [2.45, 2.75) is 6.92 Å². The van der Waals surface area contributed by atoms with Crippen molar-refractivity contribution in [1.82, 2.24) is 9.13 Å². The summed E-state index contributed by atoms with van der Waals surface area (Å²) in [5.74, 6) is 0. The smallest absolute Gasteiger partial charge is 0.0541 e. The van der Waals surface area contributed by atoms with E-state index in [0.29, 0.717) is 0 Å². The Balaban J connectivity index is 1.09. The van der Waals surface area contributed by atoms with Crippen LogP contribution in [0.25, 0.3) is 72.1 Å². The van der Waals surface area contributed by atoms with Crippen molar-refractivity contribution in [3.63, 3.8) is 0 Å². The molecule has 0 fully saturated rings. The highest BCUT2D eigenvalue weighted by Crippen LogP contribution is 2.42. The van der Waals surface area contributed by atoms with Crippen molar-refractivity contribution < 1.29 is 0 Å². The number of allylic oxidation sites excluding steroid dienone is 2. The molecular formula is C53H39N3. The van der Waals surface area contributed by atoms with Crippen molar-refractivity contribution in [1.29, 1.82) is 0 Å². The molecular weight excluding hydrogens is 679 g/mol. The molecule has 0 radical (unpaired) electrons. The van der Waals surface area contributed by atoms with Crippen LogP contribution in [0.2, 0.25) is 0 Å². The lowest BCUT2D eigenvalue weighted by Gasteiger charge is -2.27. The normalized spacial score (nSPS) is 11.7. The first-order chi connectivity index (χ1) is 27.7. The van der Waals surface area contributed by atoms with Crippen LogP contribution in [0.3, 0.4) is 0 Å². The van der Waals surface area contributed by atoms with Gasteiger partial charge in [0.15, 0.2) is 0 Å². The van der Waals surface area contributed by atoms with Crippen LogP contribution < -0.4 is 4.90 Å². The van der Waals surface area contributed by atoms with Crippen molar-refractivity contribution in [2.75, 3.05) is 4.90 Å². The monoisotopic (exact) mass is 717 g/mol. The molecule has 8 aromatic carbocycles. The average Bonchev–Trinajstić information content (AvgIpc) is 3.74. The van der Waals surface area contributed by atoms with Crippen molar-refractivity contribution in [3.05, 3.63) is 218 Å². The van der Waals surface area contributed by atoms with Gasteiger partial charge in [-0.2, -0.15) is 0 Å². The van der Waals surface area contributed by atoms with E-state index in [1.165, 1.54) is 71.6 Å². The minimum atomic E-state index is 1.10. The van der Waals surface area contributed by atoms with Gasteiger partial charge in [0.1, 0.15) is 0 Å². The van der Waals surface area contributed by atoms with Gasteiger partial charge in [-0.15, -0.1) is 0 Å². The fourth-order valence-corrected chi connectivity index (χ4v) is 8.56. The van der Waals surface area contributed by atoms with Crippen LogP contribution in [0.4, 0.5) is 17.1 Å². The molecule has 0 saturated heterocycles. The van der Waals surface area contributed by atoms with E-state index in [0.717, 1.165) is 22.7 Å². The highest BCUT2D eigenvalue weighted by Gasteiger charge is 2.20. The molecule has 10 aromatic rings. The summed E-state index contributed by atoms with van der Waals surface area (Å²) in [5, 5.41) is 6.09. The van der Waals surface area contributed by atoms with Gasteiger partial charge in [0.05, 0.1) is 27.9 Å². The Labute approximate surface area is 326 Å². The van der Waals surface area contributed by atoms with Gasteiger partial charge >= 0.3 is 0 Å². The summed E-state index contributed by atoms with van der Waals surface area (Å²) >= 11 is 0. The SMILES string of the molecule is C=C/C=C\c1c(C)n(-c2cccc3c(N(c4ccccc4)c4ccc(-c5ccc6c(c5)c5ccccc5n6-c5ccccc5)cc4)cccc23)c2ccccc12. The van der Waals surface area contributed by atoms with Crippen LogP contribution in [0, 0.1) is 6.92 Å². The average molecular weight is 718 g/mol. The Bertz CT molecular complexity index is 3090. The van der Waals surface area contributed by atoms with Gasteiger partial charge in [0, 0.05) is 55.3 Å². The molecule has 0 aliphatic heterocycles. The highest BCUT2D eigenvalue weighted by atomic mass is 15.1. The van der Waals surface area contributed by atoms with E-state index in [-0.39, 0.29) is 0 Å². The van der Waals surface area contributed by atoms with E-state index in [2.05, 4.69) is 222 Å². The summed E-state index contributed by atoms with van der Waals surface area (Å²) in [5.41, 5.74) is 14.0. The summed E-state index contributed by atoms with van der Waals surface area (Å²) in [4.78, 5) is 2.38. The van der Waals surface area contributed by atoms with Crippen molar-refractivity contribution >= 4 is 66.6 Å². The largest absolute Gasteiger partial charge is 0.313 e. The van der Waals surface area contributed by atoms with E-state index in [1.807, 2.05) is 12.2 Å². The first-order valence-corrected chi connectivity index (χ1v) is 19.1. The maximum Gasteiger partial charge on any atom is 0.0541 e. The molecule has 0 N–H and O–H groups in total. The minimum Gasteiger partial charge on any atom is -0.313 e. The Morgan fingerprint density at radius 2 is 1.05 bits per heavy atom. The van der Waals surface area contributed by atoms with E-state index in [1.54, 1.807) is 0 Å². The van der Waals surface area contributed by atoms with Gasteiger partial charge in [0.25, 0.3) is 0 Å². The lowest BCUT2D eigenvalue weighted by molar-refractivity contribution is 1.06. The molecule has 0 aliphatic rings. The summed E-state index contributed by atoms with van der Waals surface area (Å²) in [6.07, 6.45) is 6.02. The quantitative estimate of drug-likeness (QED) is 0.143. The lowest BCUT2D eigenvalue weighted by Crippen LogP contribution is -2.10. The first-order valence-electron chi connectivity index (χ1n) is 19.1. The van der Waals surface area contributed by atoms with Gasteiger partial charge in [0.2, 0.25) is 0 Å². The van der Waals surface area contributed by atoms with Crippen LogP contribution in [-0.2, 0) is 0 Å². The number of fused-ring (bicyclic) bond motifs is 5. The third-order valence-corrected chi connectivity index (χ3v) is 11.1. The Morgan fingerprint density at radius 1 is 0.464 bits per heavy atom. The topological polar surface area (TPSA) is 13.1 Å². The zero-order chi connectivity index (χ0) is 37.6. The second-order valence-corrected chi connectivity index (χ2v) is 14.2. The van der Waals surface area contributed by atoms with Crippen LogP contribution in [0.5, 0.6) is 0 Å². The predicted molar refractivity (Wildman–Crippen MR) is 239 cm³/mol. The Morgan fingerprint density at radius 3 is 1.82 bits per heavy atom. The molecule has 2 aromatic heterocycles. The molecule has 0 spiro atoms. The van der Waals surface area contributed by atoms with Crippen molar-refractivity contribution in [2.24, 2.45) is 0 Å². The third-order valence-electron chi connectivity index (χ3n) is 11.1. The molecule has 266 valence electrons. The highest BCUT2D eigenvalue weighted by molar-refractivity contribution is 6.10. The number of para-hydroxylation sites is 4. The van der Waals surface area contributed by atoms with Crippen LogP contribution >= 0.6 is 0 Å². The molecule has 0 aliphatic carbocycles. The van der Waals surface area contributed by atoms with Gasteiger partial charge in [-0.25, -0.2) is 0 Å². The minimum absolute atomic E-state index is 1.10. The maximum atomic E-state index is 3.92. The van der Waals surface area contributed by atoms with E-state index in [4.69, 9.17) is 0 Å². The molecule has 0 atom stereocenters. The zero-order valence-electron chi connectivity index (χ0n) is 31.2. The van der Waals surface area contributed by atoms with E-state index >= 15 is 0 Å². The molecule has 0 amide bonds. The van der Waals surface area contributed by atoms with Crippen molar-refractivity contribution in [3.8, 4) is 22.5 Å². The maximum absolute atomic E-state index is 3.92. The van der Waals surface area contributed by atoms with Gasteiger partial charge < -0.3 is 14.0 Å². The zero-order valence-corrected chi connectivity index (χ0v) is 31.2. The molecule has 3 nitrogen and oxygen atoms in total. The molecule has 10 rings (SSSR count). The lowest BCUT2D eigenvalue weighted by atomic mass is 10.0. The molecule has 0 unspecified atom stereocenters. The van der Waals surface area contributed by atoms with E-state index in [9.17, 15) is 0 Å². The first kappa shape index (κ1) is 33.2. The van der Waals surface area contributed by atoms with Gasteiger partial charge in [-0.1, -0.05) is 140 Å². The molecule has 0 saturated carbocycles. The summed E-state index contributed by atoms with van der Waals surface area (Å²) in [7, 11) is 0. The number of aromatic nitrogens is 2. The predicted octanol–water partition coefficient (Wildman–Crippen LogP) is 14.5. The number of benzene rings is 8. The second kappa shape index (κ2) is 13.8. The third kappa shape index (κ3) is 5.44. The van der Waals surface area contributed by atoms with Gasteiger partial charge in [-0.05, 0) is 90.8 Å². The fourth-order valence-electron chi connectivity index (χ4n) is 8.56. The molecule has 2 heterocycles. The molecule has 56 heavy (non-hydrogen) atoms. The number of hydrogen-bond acceptors (Lipinski definition) is 1. The summed E-state index contributed by atoms with van der Waals surface area (Å²) in [6.45, 7) is 6.13. The number of hydrogen-bond donors (Lipinski definition) is 0. The second-order valence-electron chi connectivity index (χ2n) is 14.2. The van der Waals surface area contributed by atoms with Crippen LogP contribution in [-0.4, -0.2) is 9.13 Å². The van der Waals surface area contributed by atoms with E-state index < -0.39 is 0 Å². The Hall–Kier alpha value is -7.36. The Kier molecular flexibility index (Phi) is 8.19. The summed E-state index contributed by atoms with van der Waals surface area (Å²) in [6, 6.07) is 67.9. The summed E-state index contributed by atoms with van der Waals surface area (Å²) < 4.78 is 4.77. The molecule has 0 bridgehead atoms. The number of nitrogens with zero attached hydrogens (tertiary/aromatic N) is 3. The number of anilines is 3.